The molecular weight excluding hydrogens is 412 g/mol. The molecule has 6 heteroatoms. The number of hydrogen-bond acceptors (Lipinski definition) is 6. The van der Waals surface area contributed by atoms with E-state index in [0.29, 0.717) is 11.6 Å². The summed E-state index contributed by atoms with van der Waals surface area (Å²) in [5.74, 6) is 1.16. The molecule has 1 aliphatic heterocycles. The van der Waals surface area contributed by atoms with Gasteiger partial charge in [0.2, 0.25) is 0 Å². The van der Waals surface area contributed by atoms with Crippen LogP contribution in [0.5, 0.6) is 0 Å². The van der Waals surface area contributed by atoms with Gasteiger partial charge in [0.1, 0.15) is 17.6 Å². The van der Waals surface area contributed by atoms with E-state index in [2.05, 4.69) is 59.5 Å². The molecular formula is C27H24N4O2. The number of anilines is 1. The fourth-order valence-electron chi connectivity index (χ4n) is 4.29. The summed E-state index contributed by atoms with van der Waals surface area (Å²) in [7, 11) is 0. The van der Waals surface area contributed by atoms with Crippen molar-refractivity contribution in [3.63, 3.8) is 0 Å². The molecule has 2 aromatic heterocycles. The van der Waals surface area contributed by atoms with Gasteiger partial charge in [-0.1, -0.05) is 47.1 Å². The molecule has 6 nitrogen and oxygen atoms in total. The second kappa shape index (κ2) is 8.13. The van der Waals surface area contributed by atoms with Crippen LogP contribution in [0, 0.1) is 13.8 Å². The lowest BCUT2D eigenvalue weighted by Crippen LogP contribution is -2.08. The third-order valence-corrected chi connectivity index (χ3v) is 5.95. The molecule has 0 bridgehead atoms. The maximum Gasteiger partial charge on any atom is 0.169 e. The quantitative estimate of drug-likeness (QED) is 0.457. The topological polar surface area (TPSA) is 94.4 Å². The lowest BCUT2D eigenvalue weighted by atomic mass is 9.90. The van der Waals surface area contributed by atoms with Gasteiger partial charge in [-0.2, -0.15) is 0 Å². The fourth-order valence-corrected chi connectivity index (χ4v) is 4.29. The molecule has 0 fully saturated rings. The molecule has 0 unspecified atom stereocenters. The summed E-state index contributed by atoms with van der Waals surface area (Å²) < 4.78 is 5.74. The Morgan fingerprint density at radius 3 is 2.39 bits per heavy atom. The number of pyridine rings is 1. The first kappa shape index (κ1) is 20.8. The van der Waals surface area contributed by atoms with Gasteiger partial charge >= 0.3 is 0 Å². The number of rotatable bonds is 4. The third kappa shape index (κ3) is 3.84. The second-order valence-corrected chi connectivity index (χ2v) is 8.51. The van der Waals surface area contributed by atoms with Gasteiger partial charge in [0.05, 0.1) is 17.0 Å². The molecule has 164 valence electrons. The maximum absolute atomic E-state index is 12.1. The van der Waals surface area contributed by atoms with E-state index in [-0.39, 0.29) is 12.2 Å². The third-order valence-electron chi connectivity index (χ3n) is 5.95. The largest absolute Gasteiger partial charge is 0.384 e. The highest BCUT2D eigenvalue weighted by Gasteiger charge is 2.31. The summed E-state index contributed by atoms with van der Waals surface area (Å²) >= 11 is 0. The number of ketones is 1. The zero-order valence-electron chi connectivity index (χ0n) is 18.8. The van der Waals surface area contributed by atoms with E-state index in [1.54, 1.807) is 19.2 Å². The summed E-state index contributed by atoms with van der Waals surface area (Å²) in [5.41, 5.74) is 14.4. The number of aryl methyl sites for hydroxylation is 2. The van der Waals surface area contributed by atoms with Crippen LogP contribution >= 0.6 is 0 Å². The van der Waals surface area contributed by atoms with Crippen LogP contribution in [-0.4, -0.2) is 21.6 Å². The Kier molecular flexibility index (Phi) is 5.13. The first-order chi connectivity index (χ1) is 15.9. The van der Waals surface area contributed by atoms with Crippen LogP contribution in [0.3, 0.4) is 0 Å². The van der Waals surface area contributed by atoms with Crippen LogP contribution in [-0.2, 0) is 4.79 Å². The van der Waals surface area contributed by atoms with E-state index in [9.17, 15) is 4.79 Å². The Labute approximate surface area is 192 Å². The summed E-state index contributed by atoms with van der Waals surface area (Å²) in [6.45, 7) is 5.56. The van der Waals surface area contributed by atoms with Crippen LogP contribution in [0.25, 0.3) is 22.3 Å². The van der Waals surface area contributed by atoms with Crippen molar-refractivity contribution in [1.29, 1.82) is 0 Å². The molecule has 0 aliphatic carbocycles. The van der Waals surface area contributed by atoms with Gasteiger partial charge in [0, 0.05) is 29.3 Å². The Hall–Kier alpha value is -4.06. The van der Waals surface area contributed by atoms with E-state index < -0.39 is 6.04 Å². The van der Waals surface area contributed by atoms with E-state index in [0.717, 1.165) is 44.8 Å². The van der Waals surface area contributed by atoms with Crippen molar-refractivity contribution < 1.29 is 9.32 Å². The number of Topliss-reactive ketones (excluding diaryl/α,β-unsaturated/α-hetero) is 1. The van der Waals surface area contributed by atoms with Gasteiger partial charge in [-0.05, 0) is 50.1 Å². The number of nitrogens with zero attached hydrogens (tertiary/aromatic N) is 3. The number of aromatic nitrogens is 2. The summed E-state index contributed by atoms with van der Waals surface area (Å²) in [6, 6.07) is 17.8. The molecule has 0 saturated heterocycles. The Balaban J connectivity index is 1.78. The van der Waals surface area contributed by atoms with Crippen LogP contribution in [0.2, 0.25) is 0 Å². The number of carbonyl (C=O) groups is 1. The average molecular weight is 437 g/mol. The highest BCUT2D eigenvalue weighted by Crippen LogP contribution is 2.42. The Bertz CT molecular complexity index is 1380. The molecule has 1 aliphatic rings. The molecule has 4 aromatic rings. The number of aliphatic imine (C=N–C) groups is 1. The van der Waals surface area contributed by atoms with Crippen molar-refractivity contribution in [1.82, 2.24) is 10.1 Å². The van der Waals surface area contributed by atoms with E-state index in [4.69, 9.17) is 15.2 Å². The summed E-state index contributed by atoms with van der Waals surface area (Å²) in [4.78, 5) is 21.5. The molecule has 5 rings (SSSR count). The number of fused-ring (bicyclic) bond motifs is 3. The van der Waals surface area contributed by atoms with Gasteiger partial charge < -0.3 is 10.3 Å². The van der Waals surface area contributed by atoms with Gasteiger partial charge in [-0.3, -0.25) is 9.79 Å². The lowest BCUT2D eigenvalue weighted by molar-refractivity contribution is -0.117. The second-order valence-electron chi connectivity index (χ2n) is 8.51. The smallest absolute Gasteiger partial charge is 0.169 e. The lowest BCUT2D eigenvalue weighted by Gasteiger charge is -2.14. The van der Waals surface area contributed by atoms with E-state index in [1.807, 2.05) is 13.0 Å². The van der Waals surface area contributed by atoms with Gasteiger partial charge in [-0.15, -0.1) is 0 Å². The fraction of sp³-hybridized carbons (Fsp3) is 0.185. The van der Waals surface area contributed by atoms with Crippen molar-refractivity contribution in [3.05, 3.63) is 88.9 Å². The normalized spacial score (nSPS) is 14.8. The molecule has 1 atom stereocenters. The van der Waals surface area contributed by atoms with Crippen molar-refractivity contribution >= 4 is 17.3 Å². The predicted octanol–water partition coefficient (Wildman–Crippen LogP) is 5.47. The minimum Gasteiger partial charge on any atom is -0.384 e. The Morgan fingerprint density at radius 2 is 1.70 bits per heavy atom. The number of nitrogen functional groups attached to an aromatic ring is 1. The summed E-state index contributed by atoms with van der Waals surface area (Å²) in [6.07, 6.45) is 2.02. The number of benzene rings is 2. The van der Waals surface area contributed by atoms with Gasteiger partial charge in [0.25, 0.3) is 0 Å². The zero-order valence-corrected chi connectivity index (χ0v) is 18.8. The molecule has 0 amide bonds. The summed E-state index contributed by atoms with van der Waals surface area (Å²) in [5, 5.41) is 4.22. The van der Waals surface area contributed by atoms with Gasteiger partial charge in [-0.25, -0.2) is 4.98 Å². The van der Waals surface area contributed by atoms with Crippen molar-refractivity contribution in [2.45, 2.75) is 33.2 Å². The van der Waals surface area contributed by atoms with Crippen molar-refractivity contribution in [2.24, 2.45) is 4.99 Å². The van der Waals surface area contributed by atoms with Crippen LogP contribution in [0.1, 0.15) is 47.5 Å². The number of nitrogens with two attached hydrogens (primary N) is 1. The monoisotopic (exact) mass is 436 g/mol. The van der Waals surface area contributed by atoms with E-state index in [1.165, 1.54) is 5.56 Å². The van der Waals surface area contributed by atoms with E-state index >= 15 is 0 Å². The van der Waals surface area contributed by atoms with Crippen LogP contribution in [0.4, 0.5) is 5.82 Å². The molecule has 0 radical (unpaired) electrons. The minimum atomic E-state index is -0.441. The van der Waals surface area contributed by atoms with Crippen molar-refractivity contribution in [3.8, 4) is 22.3 Å². The number of carbonyl (C=O) groups excluding carboxylic acids is 1. The molecule has 2 aromatic carbocycles. The van der Waals surface area contributed by atoms with Gasteiger partial charge in [0.15, 0.2) is 5.76 Å². The Morgan fingerprint density at radius 1 is 0.970 bits per heavy atom. The SMILES string of the molecule is CC(=O)C[C@@H]1N=C(c2ccc(C)cc2)c2cc(-c3ccc(N)nc3)ccc2-c2c(C)noc21. The molecule has 0 spiro atoms. The average Bonchev–Trinajstić information content (AvgIpc) is 3.12. The van der Waals surface area contributed by atoms with Crippen LogP contribution in [0.15, 0.2) is 70.3 Å². The highest BCUT2D eigenvalue weighted by atomic mass is 16.5. The number of hydrogen-bond donors (Lipinski definition) is 1. The zero-order chi connectivity index (χ0) is 23.1. The molecule has 3 heterocycles. The first-order valence-corrected chi connectivity index (χ1v) is 10.9. The predicted molar refractivity (Wildman–Crippen MR) is 129 cm³/mol. The molecule has 0 saturated carbocycles. The van der Waals surface area contributed by atoms with Crippen molar-refractivity contribution in [2.75, 3.05) is 5.73 Å². The first-order valence-electron chi connectivity index (χ1n) is 10.9. The van der Waals surface area contributed by atoms with Crippen LogP contribution < -0.4 is 5.73 Å². The standard InChI is InChI=1S/C27H24N4O2/c1-15-4-6-18(7-5-15)26-22-13-19(20-9-11-24(28)29-14-20)8-10-21(22)25-17(3)31-33-27(25)23(30-26)12-16(2)32/h4-11,13-14,23H,12H2,1-3H3,(H2,28,29)/t23-/m0/s1. The molecule has 2 N–H and O–H groups in total. The molecule has 33 heavy (non-hydrogen) atoms. The maximum atomic E-state index is 12.1. The highest BCUT2D eigenvalue weighted by molar-refractivity contribution is 6.17. The minimum absolute atomic E-state index is 0.0478.